The van der Waals surface area contributed by atoms with Crippen LogP contribution in [0.4, 0.5) is 0 Å². The lowest BCUT2D eigenvalue weighted by Crippen LogP contribution is -2.37. The molecule has 1 aromatic carbocycles. The number of benzene rings is 1. The first kappa shape index (κ1) is 25.6. The minimum atomic E-state index is -0.247. The summed E-state index contributed by atoms with van der Waals surface area (Å²) < 4.78 is 8.04. The minimum absolute atomic E-state index is 0. The Morgan fingerprint density at radius 1 is 1.09 bits per heavy atom. The van der Waals surface area contributed by atoms with Crippen molar-refractivity contribution in [2.75, 3.05) is 6.54 Å². The normalized spacial score (nSPS) is 11.6. The van der Waals surface area contributed by atoms with Gasteiger partial charge in [-0.05, 0) is 52.3 Å². The highest BCUT2D eigenvalue weighted by Gasteiger charge is 2.14. The van der Waals surface area contributed by atoms with Crippen molar-refractivity contribution >= 4 is 29.9 Å². The molecule has 0 fully saturated rings. The van der Waals surface area contributed by atoms with E-state index in [1.54, 1.807) is 6.20 Å². The van der Waals surface area contributed by atoms with Crippen LogP contribution in [-0.2, 0) is 13.1 Å². The molecule has 0 aliphatic heterocycles. The minimum Gasteiger partial charge on any atom is -0.488 e. The quantitative estimate of drug-likeness (QED) is 0.256. The van der Waals surface area contributed by atoms with Crippen LogP contribution in [0.25, 0.3) is 5.82 Å². The second-order valence-corrected chi connectivity index (χ2v) is 8.24. The number of ether oxygens (including phenoxy) is 1. The van der Waals surface area contributed by atoms with Crippen molar-refractivity contribution in [2.24, 2.45) is 4.99 Å². The summed E-state index contributed by atoms with van der Waals surface area (Å²) in [5.74, 6) is 3.39. The van der Waals surface area contributed by atoms with Gasteiger partial charge in [-0.15, -0.1) is 24.0 Å². The molecule has 3 rings (SSSR count). The molecule has 8 heteroatoms. The van der Waals surface area contributed by atoms with Crippen LogP contribution in [0.1, 0.15) is 44.6 Å². The maximum absolute atomic E-state index is 6.09. The lowest BCUT2D eigenvalue weighted by atomic mass is 10.1. The standard InChI is InChI=1S/C24H32N6O.HI/c1-6-25-23(29-17-20-9-7-8-10-21(20)31-24(3,4)5)28-16-19-11-12-22(27-15-19)30-14-13-26-18(30)2;/h7-15H,6,16-17H2,1-5H3,(H2,25,28,29);1H. The number of guanidine groups is 1. The number of halogens is 1. The van der Waals surface area contributed by atoms with E-state index in [2.05, 4.69) is 54.4 Å². The first-order valence-corrected chi connectivity index (χ1v) is 10.6. The molecule has 2 heterocycles. The van der Waals surface area contributed by atoms with E-state index in [1.165, 1.54) is 0 Å². The number of nitrogens with zero attached hydrogens (tertiary/aromatic N) is 4. The van der Waals surface area contributed by atoms with Gasteiger partial charge in [-0.25, -0.2) is 15.0 Å². The number of pyridine rings is 1. The van der Waals surface area contributed by atoms with E-state index in [9.17, 15) is 0 Å². The van der Waals surface area contributed by atoms with E-state index in [0.717, 1.165) is 41.0 Å². The van der Waals surface area contributed by atoms with Gasteiger partial charge in [0.05, 0.1) is 6.54 Å². The van der Waals surface area contributed by atoms with Crippen LogP contribution in [0.15, 0.2) is 60.0 Å². The molecule has 0 bridgehead atoms. The average Bonchev–Trinajstić information content (AvgIpc) is 3.16. The summed E-state index contributed by atoms with van der Waals surface area (Å²) in [7, 11) is 0. The summed E-state index contributed by atoms with van der Waals surface area (Å²) in [6.45, 7) is 12.1. The number of para-hydroxylation sites is 1. The second-order valence-electron chi connectivity index (χ2n) is 8.24. The van der Waals surface area contributed by atoms with Gasteiger partial charge in [0.15, 0.2) is 5.96 Å². The molecule has 7 nitrogen and oxygen atoms in total. The number of hydrogen-bond acceptors (Lipinski definition) is 4. The molecule has 0 atom stereocenters. The molecule has 0 saturated heterocycles. The maximum atomic E-state index is 6.09. The summed E-state index contributed by atoms with van der Waals surface area (Å²) >= 11 is 0. The van der Waals surface area contributed by atoms with Crippen molar-refractivity contribution in [1.29, 1.82) is 0 Å². The number of hydrogen-bond donors (Lipinski definition) is 2. The Morgan fingerprint density at radius 3 is 2.50 bits per heavy atom. The van der Waals surface area contributed by atoms with E-state index >= 15 is 0 Å². The molecule has 0 aliphatic rings. The van der Waals surface area contributed by atoms with Gasteiger partial charge in [0.2, 0.25) is 0 Å². The summed E-state index contributed by atoms with van der Waals surface area (Å²) in [4.78, 5) is 13.5. The van der Waals surface area contributed by atoms with Crippen LogP contribution in [0.5, 0.6) is 5.75 Å². The Balaban J connectivity index is 0.00000363. The third-order valence-corrected chi connectivity index (χ3v) is 4.48. The van der Waals surface area contributed by atoms with Gasteiger partial charge in [0.25, 0.3) is 0 Å². The molecule has 2 aromatic heterocycles. The molecular formula is C24H33IN6O. The van der Waals surface area contributed by atoms with Gasteiger partial charge in [-0.1, -0.05) is 24.3 Å². The van der Waals surface area contributed by atoms with Gasteiger partial charge in [-0.2, -0.15) is 0 Å². The van der Waals surface area contributed by atoms with Gasteiger partial charge >= 0.3 is 0 Å². The fraction of sp³-hybridized carbons (Fsp3) is 0.375. The predicted octanol–water partition coefficient (Wildman–Crippen LogP) is 4.63. The van der Waals surface area contributed by atoms with E-state index in [0.29, 0.717) is 13.1 Å². The molecule has 0 aliphatic carbocycles. The molecule has 0 amide bonds. The molecule has 2 N–H and O–H groups in total. The van der Waals surface area contributed by atoms with Crippen molar-refractivity contribution in [3.63, 3.8) is 0 Å². The fourth-order valence-electron chi connectivity index (χ4n) is 3.04. The van der Waals surface area contributed by atoms with Crippen LogP contribution >= 0.6 is 24.0 Å². The summed E-state index contributed by atoms with van der Waals surface area (Å²) in [6.07, 6.45) is 5.53. The van der Waals surface area contributed by atoms with Crippen LogP contribution in [0.3, 0.4) is 0 Å². The Bertz CT molecular complexity index is 1010. The van der Waals surface area contributed by atoms with Crippen molar-refractivity contribution in [3.8, 4) is 11.6 Å². The number of aliphatic imine (C=N–C) groups is 1. The molecule has 32 heavy (non-hydrogen) atoms. The predicted molar refractivity (Wildman–Crippen MR) is 140 cm³/mol. The lowest BCUT2D eigenvalue weighted by Gasteiger charge is -2.23. The zero-order valence-electron chi connectivity index (χ0n) is 19.4. The zero-order chi connectivity index (χ0) is 22.3. The third kappa shape index (κ3) is 7.51. The molecular weight excluding hydrogens is 515 g/mol. The van der Waals surface area contributed by atoms with Crippen LogP contribution in [0, 0.1) is 6.92 Å². The fourth-order valence-corrected chi connectivity index (χ4v) is 3.04. The Labute approximate surface area is 207 Å². The van der Waals surface area contributed by atoms with Crippen molar-refractivity contribution in [2.45, 2.75) is 53.3 Å². The molecule has 3 aromatic rings. The van der Waals surface area contributed by atoms with Gasteiger partial charge < -0.3 is 15.4 Å². The largest absolute Gasteiger partial charge is 0.488 e. The first-order valence-electron chi connectivity index (χ1n) is 10.6. The third-order valence-electron chi connectivity index (χ3n) is 4.48. The Hall–Kier alpha value is -2.62. The molecule has 0 spiro atoms. The number of rotatable bonds is 7. The number of nitrogens with one attached hydrogen (secondary N) is 2. The smallest absolute Gasteiger partial charge is 0.191 e. The average molecular weight is 548 g/mol. The summed E-state index contributed by atoms with van der Waals surface area (Å²) in [6, 6.07) is 12.1. The van der Waals surface area contributed by atoms with E-state index in [4.69, 9.17) is 9.73 Å². The zero-order valence-corrected chi connectivity index (χ0v) is 21.8. The van der Waals surface area contributed by atoms with Crippen molar-refractivity contribution < 1.29 is 4.74 Å². The number of aromatic nitrogens is 3. The molecule has 0 radical (unpaired) electrons. The topological polar surface area (TPSA) is 76.4 Å². The highest BCUT2D eigenvalue weighted by molar-refractivity contribution is 14.0. The van der Waals surface area contributed by atoms with Crippen LogP contribution in [0.2, 0.25) is 0 Å². The SMILES string of the molecule is CCNC(=NCc1ccc(-n2ccnc2C)nc1)NCc1ccccc1OC(C)(C)C.I. The molecule has 0 saturated carbocycles. The van der Waals surface area contributed by atoms with E-state index in [-0.39, 0.29) is 29.6 Å². The molecule has 0 unspecified atom stereocenters. The van der Waals surface area contributed by atoms with Gasteiger partial charge in [0.1, 0.15) is 23.0 Å². The summed E-state index contributed by atoms with van der Waals surface area (Å²) in [5.41, 5.74) is 1.88. The van der Waals surface area contributed by atoms with Crippen LogP contribution < -0.4 is 15.4 Å². The monoisotopic (exact) mass is 548 g/mol. The van der Waals surface area contributed by atoms with Crippen LogP contribution in [-0.4, -0.2) is 32.6 Å². The Kier molecular flexibility index (Phi) is 9.49. The second kappa shape index (κ2) is 11.8. The lowest BCUT2D eigenvalue weighted by molar-refractivity contribution is 0.129. The van der Waals surface area contributed by atoms with Crippen molar-refractivity contribution in [3.05, 3.63) is 71.9 Å². The molecule has 172 valence electrons. The van der Waals surface area contributed by atoms with E-state index < -0.39 is 0 Å². The maximum Gasteiger partial charge on any atom is 0.191 e. The summed E-state index contributed by atoms with van der Waals surface area (Å²) in [5, 5.41) is 6.70. The van der Waals surface area contributed by atoms with Gasteiger partial charge in [0, 0.05) is 37.2 Å². The van der Waals surface area contributed by atoms with Crippen molar-refractivity contribution in [1.82, 2.24) is 25.2 Å². The first-order chi connectivity index (χ1) is 14.9. The number of aryl methyl sites for hydroxylation is 1. The highest BCUT2D eigenvalue weighted by atomic mass is 127. The Morgan fingerprint density at radius 2 is 1.88 bits per heavy atom. The highest BCUT2D eigenvalue weighted by Crippen LogP contribution is 2.22. The van der Waals surface area contributed by atoms with E-state index in [1.807, 2.05) is 54.2 Å². The van der Waals surface area contributed by atoms with Gasteiger partial charge in [-0.3, -0.25) is 4.57 Å². The number of imidazole rings is 1.